The summed E-state index contributed by atoms with van der Waals surface area (Å²) < 4.78 is 5.27. The first-order valence-electron chi connectivity index (χ1n) is 9.42. The van der Waals surface area contributed by atoms with Crippen LogP contribution in [-0.2, 0) is 6.54 Å². The molecule has 4 rings (SSSR count). The Morgan fingerprint density at radius 2 is 1.96 bits per heavy atom. The average Bonchev–Trinajstić information content (AvgIpc) is 2.70. The second kappa shape index (κ2) is 7.88. The summed E-state index contributed by atoms with van der Waals surface area (Å²) in [6.07, 6.45) is 4.05. The minimum absolute atomic E-state index is 0.425. The van der Waals surface area contributed by atoms with Gasteiger partial charge in [-0.1, -0.05) is 6.07 Å². The largest absolute Gasteiger partial charge is 0.497 e. The van der Waals surface area contributed by atoms with Crippen molar-refractivity contribution in [2.24, 2.45) is 0 Å². The third-order valence-electron chi connectivity index (χ3n) is 5.09. The molecule has 6 nitrogen and oxygen atoms in total. The van der Waals surface area contributed by atoms with Gasteiger partial charge in [0.1, 0.15) is 11.6 Å². The molecule has 0 amide bonds. The number of aromatic nitrogens is 3. The first kappa shape index (κ1) is 17.7. The molecule has 0 radical (unpaired) electrons. The molecule has 2 aromatic heterocycles. The van der Waals surface area contributed by atoms with Crippen LogP contribution in [0, 0.1) is 6.92 Å². The van der Waals surface area contributed by atoms with Crippen molar-refractivity contribution >= 4 is 16.9 Å². The molecule has 1 aromatic carbocycles. The van der Waals surface area contributed by atoms with Crippen molar-refractivity contribution < 1.29 is 4.74 Å². The molecule has 0 spiro atoms. The Labute approximate surface area is 159 Å². The van der Waals surface area contributed by atoms with Crippen LogP contribution in [0.2, 0.25) is 0 Å². The first-order chi connectivity index (χ1) is 13.2. The SMILES string of the molecule is COc1ccc2nc(NC3CCN(Cc4ccccn4)CC3)c(C)nc2c1. The first-order valence-corrected chi connectivity index (χ1v) is 9.42. The summed E-state index contributed by atoms with van der Waals surface area (Å²) >= 11 is 0. The standard InChI is InChI=1S/C21H25N5O/c1-15-21(25-19-7-6-18(27-2)13-20(19)23-15)24-16-8-11-26(12-9-16)14-17-5-3-4-10-22-17/h3-7,10,13,16H,8-9,11-12,14H2,1-2H3,(H,24,25). The van der Waals surface area contributed by atoms with Crippen LogP contribution in [0.15, 0.2) is 42.6 Å². The van der Waals surface area contributed by atoms with E-state index < -0.39 is 0 Å². The number of ether oxygens (including phenoxy) is 1. The molecule has 0 aliphatic carbocycles. The summed E-state index contributed by atoms with van der Waals surface area (Å²) in [4.78, 5) is 16.4. The number of benzene rings is 1. The number of nitrogens with one attached hydrogen (secondary N) is 1. The number of rotatable bonds is 5. The van der Waals surface area contributed by atoms with E-state index in [9.17, 15) is 0 Å². The van der Waals surface area contributed by atoms with Crippen molar-refractivity contribution in [2.75, 3.05) is 25.5 Å². The lowest BCUT2D eigenvalue weighted by atomic mass is 10.0. The molecule has 6 heteroatoms. The van der Waals surface area contributed by atoms with Crippen LogP contribution in [0.4, 0.5) is 5.82 Å². The summed E-state index contributed by atoms with van der Waals surface area (Å²) in [6, 6.07) is 12.3. The summed E-state index contributed by atoms with van der Waals surface area (Å²) in [5.74, 6) is 1.69. The monoisotopic (exact) mass is 363 g/mol. The number of hydrogen-bond donors (Lipinski definition) is 1. The average molecular weight is 363 g/mol. The minimum atomic E-state index is 0.425. The molecule has 140 valence electrons. The number of likely N-dealkylation sites (tertiary alicyclic amines) is 1. The second-order valence-electron chi connectivity index (χ2n) is 7.03. The van der Waals surface area contributed by atoms with E-state index in [1.165, 1.54) is 0 Å². The van der Waals surface area contributed by atoms with Gasteiger partial charge in [-0.2, -0.15) is 0 Å². The van der Waals surface area contributed by atoms with E-state index >= 15 is 0 Å². The zero-order valence-corrected chi connectivity index (χ0v) is 15.9. The molecular formula is C21H25N5O. The maximum Gasteiger partial charge on any atom is 0.148 e. The molecule has 1 aliphatic heterocycles. The lowest BCUT2D eigenvalue weighted by Gasteiger charge is -2.32. The molecular weight excluding hydrogens is 338 g/mol. The Hall–Kier alpha value is -2.73. The summed E-state index contributed by atoms with van der Waals surface area (Å²) in [6.45, 7) is 5.05. The van der Waals surface area contributed by atoms with Crippen molar-refractivity contribution in [1.82, 2.24) is 19.9 Å². The number of fused-ring (bicyclic) bond motifs is 1. The van der Waals surface area contributed by atoms with Crippen LogP contribution >= 0.6 is 0 Å². The number of nitrogens with zero attached hydrogens (tertiary/aromatic N) is 4. The van der Waals surface area contributed by atoms with E-state index in [4.69, 9.17) is 14.7 Å². The van der Waals surface area contributed by atoms with E-state index in [1.807, 2.05) is 43.5 Å². The van der Waals surface area contributed by atoms with Gasteiger partial charge in [0.2, 0.25) is 0 Å². The lowest BCUT2D eigenvalue weighted by molar-refractivity contribution is 0.209. The molecule has 0 saturated carbocycles. The highest BCUT2D eigenvalue weighted by Gasteiger charge is 2.20. The highest BCUT2D eigenvalue weighted by Crippen LogP contribution is 2.23. The van der Waals surface area contributed by atoms with Crippen LogP contribution < -0.4 is 10.1 Å². The summed E-state index contributed by atoms with van der Waals surface area (Å²) in [7, 11) is 1.66. The van der Waals surface area contributed by atoms with Gasteiger partial charge in [-0.3, -0.25) is 9.88 Å². The molecule has 3 heterocycles. The predicted molar refractivity (Wildman–Crippen MR) is 107 cm³/mol. The van der Waals surface area contributed by atoms with Crippen molar-refractivity contribution in [3.63, 3.8) is 0 Å². The zero-order chi connectivity index (χ0) is 18.6. The van der Waals surface area contributed by atoms with E-state index in [0.29, 0.717) is 6.04 Å². The fourth-order valence-corrected chi connectivity index (χ4v) is 3.54. The van der Waals surface area contributed by atoms with Crippen LogP contribution in [0.5, 0.6) is 5.75 Å². The van der Waals surface area contributed by atoms with Gasteiger partial charge in [0.15, 0.2) is 0 Å². The highest BCUT2D eigenvalue weighted by atomic mass is 16.5. The van der Waals surface area contributed by atoms with Gasteiger partial charge >= 0.3 is 0 Å². The molecule has 0 unspecified atom stereocenters. The number of anilines is 1. The maximum absolute atomic E-state index is 5.27. The van der Waals surface area contributed by atoms with Gasteiger partial charge in [0, 0.05) is 37.9 Å². The number of pyridine rings is 1. The summed E-state index contributed by atoms with van der Waals surface area (Å²) in [5, 5.41) is 3.61. The molecule has 1 aliphatic rings. The topological polar surface area (TPSA) is 63.2 Å². The van der Waals surface area contributed by atoms with Gasteiger partial charge in [-0.15, -0.1) is 0 Å². The quantitative estimate of drug-likeness (QED) is 0.749. The van der Waals surface area contributed by atoms with Crippen LogP contribution in [0.3, 0.4) is 0 Å². The smallest absolute Gasteiger partial charge is 0.148 e. The Morgan fingerprint density at radius 1 is 1.11 bits per heavy atom. The molecule has 1 N–H and O–H groups in total. The van der Waals surface area contributed by atoms with Gasteiger partial charge < -0.3 is 10.1 Å². The molecule has 0 atom stereocenters. The van der Waals surface area contributed by atoms with Gasteiger partial charge in [-0.25, -0.2) is 9.97 Å². The molecule has 1 saturated heterocycles. The van der Waals surface area contributed by atoms with E-state index in [-0.39, 0.29) is 0 Å². The zero-order valence-electron chi connectivity index (χ0n) is 15.9. The number of methoxy groups -OCH3 is 1. The van der Waals surface area contributed by atoms with Crippen molar-refractivity contribution in [2.45, 2.75) is 32.4 Å². The van der Waals surface area contributed by atoms with E-state index in [1.54, 1.807) is 7.11 Å². The van der Waals surface area contributed by atoms with Crippen molar-refractivity contribution in [3.8, 4) is 5.75 Å². The normalized spacial score (nSPS) is 15.8. The number of aryl methyl sites for hydroxylation is 1. The third kappa shape index (κ3) is 4.17. The molecule has 27 heavy (non-hydrogen) atoms. The molecule has 1 fully saturated rings. The van der Waals surface area contributed by atoms with Crippen LogP contribution in [-0.4, -0.2) is 46.1 Å². The predicted octanol–water partition coefficient (Wildman–Crippen LogP) is 3.42. The van der Waals surface area contributed by atoms with Gasteiger partial charge in [0.25, 0.3) is 0 Å². The lowest BCUT2D eigenvalue weighted by Crippen LogP contribution is -2.39. The minimum Gasteiger partial charge on any atom is -0.497 e. The van der Waals surface area contributed by atoms with Crippen molar-refractivity contribution in [1.29, 1.82) is 0 Å². The van der Waals surface area contributed by atoms with Crippen LogP contribution in [0.25, 0.3) is 11.0 Å². The maximum atomic E-state index is 5.27. The van der Waals surface area contributed by atoms with Gasteiger partial charge in [0.05, 0.1) is 29.5 Å². The third-order valence-corrected chi connectivity index (χ3v) is 5.09. The molecule has 0 bridgehead atoms. The number of hydrogen-bond acceptors (Lipinski definition) is 6. The second-order valence-corrected chi connectivity index (χ2v) is 7.03. The Morgan fingerprint density at radius 3 is 2.70 bits per heavy atom. The Balaban J connectivity index is 1.39. The summed E-state index contributed by atoms with van der Waals surface area (Å²) in [5.41, 5.74) is 3.81. The Bertz CT molecular complexity index is 907. The fraction of sp³-hybridized carbons (Fsp3) is 0.381. The van der Waals surface area contributed by atoms with Gasteiger partial charge in [-0.05, 0) is 44.0 Å². The Kier molecular flexibility index (Phi) is 5.16. The molecule has 3 aromatic rings. The highest BCUT2D eigenvalue weighted by molar-refractivity contribution is 5.78. The fourth-order valence-electron chi connectivity index (χ4n) is 3.54. The van der Waals surface area contributed by atoms with Crippen LogP contribution in [0.1, 0.15) is 24.2 Å². The number of piperidine rings is 1. The van der Waals surface area contributed by atoms with Crippen molar-refractivity contribution in [3.05, 3.63) is 54.0 Å². The van der Waals surface area contributed by atoms with E-state index in [0.717, 1.165) is 66.5 Å². The van der Waals surface area contributed by atoms with E-state index in [2.05, 4.69) is 21.3 Å².